The number of piperidine rings is 1. The van der Waals surface area contributed by atoms with Crippen molar-refractivity contribution < 1.29 is 14.3 Å². The summed E-state index contributed by atoms with van der Waals surface area (Å²) >= 11 is 0. The van der Waals surface area contributed by atoms with E-state index in [0.717, 1.165) is 25.7 Å². The van der Waals surface area contributed by atoms with Crippen molar-refractivity contribution in [1.29, 1.82) is 0 Å². The van der Waals surface area contributed by atoms with Crippen LogP contribution in [0.2, 0.25) is 0 Å². The first kappa shape index (κ1) is 15.3. The Morgan fingerprint density at radius 2 is 1.80 bits per heavy atom. The predicted octanol–water partition coefficient (Wildman–Crippen LogP) is 1.32. The monoisotopic (exact) mass is 282 g/mol. The van der Waals surface area contributed by atoms with Crippen molar-refractivity contribution in [2.45, 2.75) is 58.1 Å². The van der Waals surface area contributed by atoms with E-state index in [-0.39, 0.29) is 29.4 Å². The van der Waals surface area contributed by atoms with Gasteiger partial charge in [0.1, 0.15) is 6.10 Å². The van der Waals surface area contributed by atoms with Gasteiger partial charge in [0, 0.05) is 31.2 Å². The Kier molecular flexibility index (Phi) is 4.68. The molecule has 1 atom stereocenters. The van der Waals surface area contributed by atoms with E-state index >= 15 is 0 Å². The molecule has 2 fully saturated rings. The molecule has 0 radical (unpaired) electrons. The zero-order valence-corrected chi connectivity index (χ0v) is 12.8. The predicted molar refractivity (Wildman–Crippen MR) is 76.2 cm³/mol. The van der Waals surface area contributed by atoms with E-state index in [1.807, 2.05) is 25.7 Å². The maximum atomic E-state index is 12.2. The number of ether oxygens (including phenoxy) is 1. The quantitative estimate of drug-likeness (QED) is 0.831. The van der Waals surface area contributed by atoms with Gasteiger partial charge < -0.3 is 15.0 Å². The highest BCUT2D eigenvalue weighted by atomic mass is 16.5. The number of nitrogens with one attached hydrogen (secondary N) is 1. The fraction of sp³-hybridized carbons (Fsp3) is 0.867. The van der Waals surface area contributed by atoms with Gasteiger partial charge in [0.25, 0.3) is 5.91 Å². The molecule has 2 aliphatic rings. The molecule has 2 aliphatic heterocycles. The van der Waals surface area contributed by atoms with E-state index in [0.29, 0.717) is 19.7 Å². The van der Waals surface area contributed by atoms with Gasteiger partial charge in [0.05, 0.1) is 0 Å². The highest BCUT2D eigenvalue weighted by Gasteiger charge is 2.33. The lowest BCUT2D eigenvalue weighted by atomic mass is 9.94. The van der Waals surface area contributed by atoms with Crippen LogP contribution in [0.1, 0.15) is 46.5 Å². The summed E-state index contributed by atoms with van der Waals surface area (Å²) < 4.78 is 5.44. The number of carbonyl (C=O) groups is 2. The molecule has 0 aromatic rings. The summed E-state index contributed by atoms with van der Waals surface area (Å²) in [5.74, 6) is 0.252. The molecule has 114 valence electrons. The molecule has 20 heavy (non-hydrogen) atoms. The standard InChI is InChI=1S/C15H26N2O3/c1-15(2,3)16-13(18)11-6-8-17(9-7-11)14(19)12-5-4-10-20-12/h11-12H,4-10H2,1-3H3,(H,16,18). The van der Waals surface area contributed by atoms with Crippen LogP contribution in [-0.2, 0) is 14.3 Å². The summed E-state index contributed by atoms with van der Waals surface area (Å²) in [6.07, 6.45) is 3.07. The maximum absolute atomic E-state index is 12.2. The molecule has 2 saturated heterocycles. The van der Waals surface area contributed by atoms with Gasteiger partial charge in [-0.25, -0.2) is 0 Å². The first-order valence-electron chi connectivity index (χ1n) is 7.59. The first-order valence-corrected chi connectivity index (χ1v) is 7.59. The molecule has 5 nitrogen and oxygen atoms in total. The molecule has 1 unspecified atom stereocenters. The Balaban J connectivity index is 1.80. The fourth-order valence-electron chi connectivity index (χ4n) is 2.81. The third-order valence-electron chi connectivity index (χ3n) is 3.88. The van der Waals surface area contributed by atoms with E-state index < -0.39 is 0 Å². The molecule has 2 amide bonds. The molecule has 2 rings (SSSR count). The Morgan fingerprint density at radius 1 is 1.15 bits per heavy atom. The van der Waals surface area contributed by atoms with Crippen LogP contribution >= 0.6 is 0 Å². The molecule has 0 spiro atoms. The van der Waals surface area contributed by atoms with Gasteiger partial charge in [0.15, 0.2) is 0 Å². The van der Waals surface area contributed by atoms with Crippen LogP contribution in [0.25, 0.3) is 0 Å². The molecular formula is C15H26N2O3. The van der Waals surface area contributed by atoms with Crippen LogP contribution in [0.3, 0.4) is 0 Å². The lowest BCUT2D eigenvalue weighted by molar-refractivity contribution is -0.144. The summed E-state index contributed by atoms with van der Waals surface area (Å²) in [6, 6.07) is 0. The summed E-state index contributed by atoms with van der Waals surface area (Å²) in [5.41, 5.74) is -0.193. The minimum Gasteiger partial charge on any atom is -0.368 e. The van der Waals surface area contributed by atoms with Crippen LogP contribution in [0.5, 0.6) is 0 Å². The molecule has 0 aromatic carbocycles. The Labute approximate surface area is 121 Å². The number of hydrogen-bond acceptors (Lipinski definition) is 3. The zero-order valence-electron chi connectivity index (χ0n) is 12.8. The fourth-order valence-corrected chi connectivity index (χ4v) is 2.81. The summed E-state index contributed by atoms with van der Waals surface area (Å²) in [4.78, 5) is 26.2. The average molecular weight is 282 g/mol. The summed E-state index contributed by atoms with van der Waals surface area (Å²) in [5, 5.41) is 3.02. The van der Waals surface area contributed by atoms with Crippen LogP contribution in [-0.4, -0.2) is 48.1 Å². The number of amides is 2. The average Bonchev–Trinajstić information content (AvgIpc) is 2.90. The van der Waals surface area contributed by atoms with Gasteiger partial charge in [-0.1, -0.05) is 0 Å². The van der Waals surface area contributed by atoms with Crippen molar-refractivity contribution in [3.8, 4) is 0 Å². The van der Waals surface area contributed by atoms with Gasteiger partial charge in [0.2, 0.25) is 5.91 Å². The van der Waals surface area contributed by atoms with Crippen LogP contribution < -0.4 is 5.32 Å². The second-order valence-corrected chi connectivity index (χ2v) is 6.84. The molecule has 2 heterocycles. The van der Waals surface area contributed by atoms with Crippen molar-refractivity contribution in [1.82, 2.24) is 10.2 Å². The second-order valence-electron chi connectivity index (χ2n) is 6.84. The molecule has 0 aromatic heterocycles. The van der Waals surface area contributed by atoms with Gasteiger partial charge >= 0.3 is 0 Å². The molecular weight excluding hydrogens is 256 g/mol. The molecule has 1 N–H and O–H groups in total. The SMILES string of the molecule is CC(C)(C)NC(=O)C1CCN(C(=O)C2CCCO2)CC1. The van der Waals surface area contributed by atoms with E-state index in [4.69, 9.17) is 4.74 Å². The van der Waals surface area contributed by atoms with E-state index in [2.05, 4.69) is 5.32 Å². The van der Waals surface area contributed by atoms with E-state index in [9.17, 15) is 9.59 Å². The lowest BCUT2D eigenvalue weighted by Crippen LogP contribution is -2.49. The number of carbonyl (C=O) groups excluding carboxylic acids is 2. The molecule has 0 bridgehead atoms. The molecule has 0 aliphatic carbocycles. The van der Waals surface area contributed by atoms with Crippen molar-refractivity contribution in [2.24, 2.45) is 5.92 Å². The summed E-state index contributed by atoms with van der Waals surface area (Å²) in [7, 11) is 0. The van der Waals surface area contributed by atoms with Crippen LogP contribution in [0, 0.1) is 5.92 Å². The maximum Gasteiger partial charge on any atom is 0.251 e. The van der Waals surface area contributed by atoms with E-state index in [1.165, 1.54) is 0 Å². The van der Waals surface area contributed by atoms with Gasteiger partial charge in [-0.15, -0.1) is 0 Å². The first-order chi connectivity index (χ1) is 9.37. The summed E-state index contributed by atoms with van der Waals surface area (Å²) in [6.45, 7) is 7.99. The largest absolute Gasteiger partial charge is 0.368 e. The Bertz CT molecular complexity index is 362. The number of rotatable bonds is 2. The third kappa shape index (κ3) is 3.95. The van der Waals surface area contributed by atoms with Gasteiger partial charge in [-0.3, -0.25) is 9.59 Å². The van der Waals surface area contributed by atoms with Crippen LogP contribution in [0.15, 0.2) is 0 Å². The normalized spacial score (nSPS) is 24.8. The molecule has 0 saturated carbocycles. The minimum absolute atomic E-state index is 0.0303. The minimum atomic E-state index is -0.241. The smallest absolute Gasteiger partial charge is 0.251 e. The molecule has 5 heteroatoms. The Hall–Kier alpha value is -1.10. The highest BCUT2D eigenvalue weighted by molar-refractivity contribution is 5.82. The van der Waals surface area contributed by atoms with Crippen molar-refractivity contribution >= 4 is 11.8 Å². The van der Waals surface area contributed by atoms with Crippen molar-refractivity contribution in [3.63, 3.8) is 0 Å². The third-order valence-corrected chi connectivity index (χ3v) is 3.88. The number of nitrogens with zero attached hydrogens (tertiary/aromatic N) is 1. The van der Waals surface area contributed by atoms with Gasteiger partial charge in [-0.05, 0) is 46.5 Å². The van der Waals surface area contributed by atoms with Gasteiger partial charge in [-0.2, -0.15) is 0 Å². The zero-order chi connectivity index (χ0) is 14.8. The highest BCUT2D eigenvalue weighted by Crippen LogP contribution is 2.22. The van der Waals surface area contributed by atoms with Crippen molar-refractivity contribution in [2.75, 3.05) is 19.7 Å². The topological polar surface area (TPSA) is 58.6 Å². The van der Waals surface area contributed by atoms with E-state index in [1.54, 1.807) is 0 Å². The van der Waals surface area contributed by atoms with Crippen LogP contribution in [0.4, 0.5) is 0 Å². The lowest BCUT2D eigenvalue weighted by Gasteiger charge is -2.34. The second kappa shape index (κ2) is 6.12. The Morgan fingerprint density at radius 3 is 2.30 bits per heavy atom. The number of likely N-dealkylation sites (tertiary alicyclic amines) is 1. The van der Waals surface area contributed by atoms with Crippen molar-refractivity contribution in [3.05, 3.63) is 0 Å². The number of hydrogen-bond donors (Lipinski definition) is 1.